The van der Waals surface area contributed by atoms with Gasteiger partial charge in [-0.05, 0) is 0 Å². The molecule has 56 valence electrons. The molecule has 0 N–H and O–H groups in total. The third-order valence-corrected chi connectivity index (χ3v) is 1.29. The summed E-state index contributed by atoms with van der Waals surface area (Å²) in [5, 5.41) is -0.0513. The van der Waals surface area contributed by atoms with Gasteiger partial charge in [0.15, 0.2) is 17.7 Å². The van der Waals surface area contributed by atoms with Gasteiger partial charge in [0, 0.05) is 0 Å². The Bertz CT molecular complexity index is 301. The molecular formula is C6H3ClN2O2. The molecule has 0 fully saturated rings. The van der Waals surface area contributed by atoms with Crippen molar-refractivity contribution in [1.82, 2.24) is 9.97 Å². The highest BCUT2D eigenvalue weighted by atomic mass is 35.5. The molecule has 11 heavy (non-hydrogen) atoms. The molecular weight excluding hydrogens is 168 g/mol. The highest BCUT2D eigenvalue weighted by molar-refractivity contribution is 6.31. The van der Waals surface area contributed by atoms with Crippen molar-refractivity contribution in [3.8, 4) is 0 Å². The van der Waals surface area contributed by atoms with Gasteiger partial charge >= 0.3 is 0 Å². The summed E-state index contributed by atoms with van der Waals surface area (Å²) < 4.78 is 0. The fourth-order valence-electron chi connectivity index (χ4n) is 0.524. The van der Waals surface area contributed by atoms with E-state index in [0.717, 1.165) is 0 Å². The monoisotopic (exact) mass is 170 g/mol. The Hall–Kier alpha value is -1.29. The van der Waals surface area contributed by atoms with Crippen molar-refractivity contribution in [3.63, 3.8) is 0 Å². The molecule has 0 spiro atoms. The van der Waals surface area contributed by atoms with Crippen molar-refractivity contribution >= 4 is 24.2 Å². The number of halogens is 1. The van der Waals surface area contributed by atoms with E-state index in [9.17, 15) is 9.59 Å². The van der Waals surface area contributed by atoms with Crippen LogP contribution >= 0.6 is 11.6 Å². The van der Waals surface area contributed by atoms with Crippen molar-refractivity contribution in [3.05, 3.63) is 22.7 Å². The predicted molar refractivity (Wildman–Crippen MR) is 37.8 cm³/mol. The number of aromatic nitrogens is 2. The summed E-state index contributed by atoms with van der Waals surface area (Å²) in [6.45, 7) is 0. The highest BCUT2D eigenvalue weighted by Gasteiger charge is 2.02. The van der Waals surface area contributed by atoms with Crippen molar-refractivity contribution in [1.29, 1.82) is 0 Å². The third-order valence-electron chi connectivity index (χ3n) is 1.01. The second kappa shape index (κ2) is 3.21. The van der Waals surface area contributed by atoms with Crippen LogP contribution in [0.2, 0.25) is 5.15 Å². The summed E-state index contributed by atoms with van der Waals surface area (Å²) >= 11 is 5.44. The fourth-order valence-corrected chi connectivity index (χ4v) is 0.715. The molecule has 0 unspecified atom stereocenters. The number of hydrogen-bond acceptors (Lipinski definition) is 4. The zero-order chi connectivity index (χ0) is 8.27. The van der Waals surface area contributed by atoms with Gasteiger partial charge < -0.3 is 0 Å². The molecule has 0 aliphatic carbocycles. The number of aldehydes is 2. The Kier molecular flexibility index (Phi) is 2.28. The smallest absolute Gasteiger partial charge is 0.171 e. The van der Waals surface area contributed by atoms with Gasteiger partial charge in [0.25, 0.3) is 0 Å². The molecule has 0 amide bonds. The van der Waals surface area contributed by atoms with Crippen molar-refractivity contribution in [2.75, 3.05) is 0 Å². The quantitative estimate of drug-likeness (QED) is 0.615. The first-order chi connectivity index (χ1) is 5.27. The second-order valence-corrected chi connectivity index (χ2v) is 2.06. The van der Waals surface area contributed by atoms with E-state index >= 15 is 0 Å². The molecule has 1 aromatic heterocycles. The molecule has 0 aliphatic rings. The zero-order valence-electron chi connectivity index (χ0n) is 5.32. The minimum absolute atomic E-state index is 0.0391. The fraction of sp³-hybridized carbons (Fsp3) is 0. The average molecular weight is 171 g/mol. The van der Waals surface area contributed by atoms with E-state index in [4.69, 9.17) is 11.6 Å². The van der Waals surface area contributed by atoms with Gasteiger partial charge in [-0.25, -0.2) is 9.97 Å². The maximum absolute atomic E-state index is 10.2. The summed E-state index contributed by atoms with van der Waals surface area (Å²) in [5.74, 6) is 0. The summed E-state index contributed by atoms with van der Waals surface area (Å²) in [4.78, 5) is 27.4. The van der Waals surface area contributed by atoms with E-state index in [1.807, 2.05) is 0 Å². The van der Waals surface area contributed by atoms with Crippen LogP contribution in [0.1, 0.15) is 21.0 Å². The Balaban J connectivity index is 3.18. The van der Waals surface area contributed by atoms with Crippen LogP contribution in [-0.2, 0) is 0 Å². The number of carbonyl (C=O) groups is 2. The average Bonchev–Trinajstić information content (AvgIpc) is 2.04. The van der Waals surface area contributed by atoms with E-state index in [-0.39, 0.29) is 16.5 Å². The van der Waals surface area contributed by atoms with Gasteiger partial charge in [-0.3, -0.25) is 9.59 Å². The van der Waals surface area contributed by atoms with Crippen LogP contribution in [0.3, 0.4) is 0 Å². The maximum atomic E-state index is 10.2. The molecule has 0 saturated carbocycles. The Morgan fingerprint density at radius 1 is 1.36 bits per heavy atom. The van der Waals surface area contributed by atoms with E-state index in [1.54, 1.807) is 0 Å². The molecule has 1 rings (SSSR count). The van der Waals surface area contributed by atoms with Gasteiger partial charge in [0.05, 0.1) is 6.20 Å². The first-order valence-corrected chi connectivity index (χ1v) is 3.08. The summed E-state index contributed by atoms with van der Waals surface area (Å²) in [6, 6.07) is 0. The second-order valence-electron chi connectivity index (χ2n) is 1.71. The predicted octanol–water partition coefficient (Wildman–Crippen LogP) is 0.755. The minimum atomic E-state index is -0.0513. The lowest BCUT2D eigenvalue weighted by Gasteiger charge is -1.92. The topological polar surface area (TPSA) is 59.9 Å². The molecule has 0 atom stereocenters. The van der Waals surface area contributed by atoms with E-state index in [0.29, 0.717) is 12.6 Å². The van der Waals surface area contributed by atoms with Gasteiger partial charge in [0.2, 0.25) is 0 Å². The van der Waals surface area contributed by atoms with Crippen LogP contribution in [0.5, 0.6) is 0 Å². The van der Waals surface area contributed by atoms with Crippen LogP contribution in [0.25, 0.3) is 0 Å². The van der Waals surface area contributed by atoms with Crippen LogP contribution in [0.4, 0.5) is 0 Å². The van der Waals surface area contributed by atoms with Crippen LogP contribution in [0, 0.1) is 0 Å². The van der Waals surface area contributed by atoms with Crippen molar-refractivity contribution in [2.45, 2.75) is 0 Å². The van der Waals surface area contributed by atoms with E-state index in [2.05, 4.69) is 9.97 Å². The Labute approximate surface area is 67.2 Å². The first kappa shape index (κ1) is 7.81. The minimum Gasteiger partial charge on any atom is -0.296 e. The Morgan fingerprint density at radius 3 is 2.55 bits per heavy atom. The largest absolute Gasteiger partial charge is 0.296 e. The Morgan fingerprint density at radius 2 is 2.09 bits per heavy atom. The first-order valence-electron chi connectivity index (χ1n) is 2.71. The van der Waals surface area contributed by atoms with Gasteiger partial charge in [-0.15, -0.1) is 0 Å². The number of rotatable bonds is 2. The molecule has 4 nitrogen and oxygen atoms in total. The van der Waals surface area contributed by atoms with Crippen molar-refractivity contribution < 1.29 is 9.59 Å². The molecule has 0 aromatic carbocycles. The van der Waals surface area contributed by atoms with Crippen molar-refractivity contribution in [2.24, 2.45) is 0 Å². The molecule has 0 saturated heterocycles. The van der Waals surface area contributed by atoms with Gasteiger partial charge in [0.1, 0.15) is 11.4 Å². The summed E-state index contributed by atoms with van der Waals surface area (Å²) in [6.07, 6.45) is 2.17. The highest BCUT2D eigenvalue weighted by Crippen LogP contribution is 2.06. The molecule has 0 radical (unpaired) electrons. The third kappa shape index (κ3) is 1.59. The van der Waals surface area contributed by atoms with Gasteiger partial charge in [-0.1, -0.05) is 11.6 Å². The normalized spacial score (nSPS) is 9.18. The SMILES string of the molecule is O=Cc1cnc(C=O)c(Cl)n1. The lowest BCUT2D eigenvalue weighted by molar-refractivity contribution is 0.110. The lowest BCUT2D eigenvalue weighted by Crippen LogP contribution is -1.95. The standard InChI is InChI=1S/C6H3ClN2O2/c7-6-5(3-11)8-1-4(2-10)9-6/h1-3H. The molecule has 1 aromatic rings. The van der Waals surface area contributed by atoms with Crippen LogP contribution < -0.4 is 0 Å². The van der Waals surface area contributed by atoms with Crippen LogP contribution in [-0.4, -0.2) is 22.5 Å². The number of carbonyl (C=O) groups excluding carboxylic acids is 2. The lowest BCUT2D eigenvalue weighted by atomic mass is 10.4. The summed E-state index contributed by atoms with van der Waals surface area (Å²) in [5.41, 5.74) is 0.151. The number of hydrogen-bond donors (Lipinski definition) is 0. The van der Waals surface area contributed by atoms with E-state index < -0.39 is 0 Å². The van der Waals surface area contributed by atoms with Crippen LogP contribution in [0.15, 0.2) is 6.20 Å². The number of nitrogens with zero attached hydrogens (tertiary/aromatic N) is 2. The summed E-state index contributed by atoms with van der Waals surface area (Å²) in [7, 11) is 0. The molecule has 5 heteroatoms. The molecule has 1 heterocycles. The van der Waals surface area contributed by atoms with Gasteiger partial charge in [-0.2, -0.15) is 0 Å². The molecule has 0 bridgehead atoms. The maximum Gasteiger partial charge on any atom is 0.171 e. The van der Waals surface area contributed by atoms with E-state index in [1.165, 1.54) is 6.20 Å². The zero-order valence-corrected chi connectivity index (χ0v) is 6.08. The molecule has 0 aliphatic heterocycles.